The van der Waals surface area contributed by atoms with Crippen LogP contribution in [0.15, 0.2) is 46.9 Å². The van der Waals surface area contributed by atoms with Gasteiger partial charge in [0.05, 0.1) is 0 Å². The van der Waals surface area contributed by atoms with Crippen LogP contribution in [0.3, 0.4) is 0 Å². The zero-order chi connectivity index (χ0) is 19.6. The third-order valence-electron chi connectivity index (χ3n) is 4.72. The Hall–Kier alpha value is -1.92. The summed E-state index contributed by atoms with van der Waals surface area (Å²) in [5.41, 5.74) is 0.816. The second-order valence-electron chi connectivity index (χ2n) is 6.56. The van der Waals surface area contributed by atoms with Crippen LogP contribution >= 0.6 is 27.5 Å². The van der Waals surface area contributed by atoms with Crippen LogP contribution in [0.2, 0.25) is 5.02 Å². The van der Waals surface area contributed by atoms with E-state index >= 15 is 0 Å². The average molecular weight is 454 g/mol. The van der Waals surface area contributed by atoms with Crippen LogP contribution in [-0.2, 0) is 11.3 Å². The van der Waals surface area contributed by atoms with E-state index in [2.05, 4.69) is 15.9 Å². The molecule has 2 amide bonds. The predicted octanol–water partition coefficient (Wildman–Crippen LogP) is 4.50. The van der Waals surface area contributed by atoms with Crippen LogP contribution in [0.5, 0.6) is 0 Å². The largest absolute Gasteiger partial charge is 0.339 e. The lowest BCUT2D eigenvalue weighted by Crippen LogP contribution is -2.46. The maximum Gasteiger partial charge on any atom is 0.254 e. The molecule has 4 nitrogen and oxygen atoms in total. The Morgan fingerprint density at radius 2 is 1.96 bits per heavy atom. The van der Waals surface area contributed by atoms with Gasteiger partial charge in [0.2, 0.25) is 5.91 Å². The first-order valence-corrected chi connectivity index (χ1v) is 9.80. The summed E-state index contributed by atoms with van der Waals surface area (Å²) in [6.07, 6.45) is 1.35. The summed E-state index contributed by atoms with van der Waals surface area (Å²) in [6.45, 7) is 0.584. The smallest absolute Gasteiger partial charge is 0.254 e. The number of carbonyl (C=O) groups excluding carboxylic acids is 2. The molecule has 7 heteroatoms. The summed E-state index contributed by atoms with van der Waals surface area (Å²) in [4.78, 5) is 28.8. The molecule has 2 aromatic rings. The number of benzene rings is 2. The Balaban J connectivity index is 1.74. The molecule has 0 N–H and O–H groups in total. The van der Waals surface area contributed by atoms with E-state index in [0.29, 0.717) is 18.5 Å². The van der Waals surface area contributed by atoms with Crippen LogP contribution in [0.4, 0.5) is 4.39 Å². The quantitative estimate of drug-likeness (QED) is 0.684. The van der Waals surface area contributed by atoms with Gasteiger partial charge >= 0.3 is 0 Å². The van der Waals surface area contributed by atoms with Crippen LogP contribution in [0, 0.1) is 5.82 Å². The molecule has 0 bridgehead atoms. The second-order valence-corrected chi connectivity index (χ2v) is 7.88. The van der Waals surface area contributed by atoms with Gasteiger partial charge in [-0.2, -0.15) is 0 Å². The van der Waals surface area contributed by atoms with Crippen molar-refractivity contribution >= 4 is 39.3 Å². The number of hydrogen-bond acceptors (Lipinski definition) is 2. The molecule has 2 aromatic carbocycles. The summed E-state index contributed by atoms with van der Waals surface area (Å²) in [5, 5.41) is 0.281. The second kappa shape index (κ2) is 8.40. The van der Waals surface area contributed by atoms with Crippen molar-refractivity contribution in [2.75, 3.05) is 13.6 Å². The maximum absolute atomic E-state index is 14.0. The van der Waals surface area contributed by atoms with Crippen molar-refractivity contribution in [3.63, 3.8) is 0 Å². The van der Waals surface area contributed by atoms with Gasteiger partial charge in [-0.05, 0) is 49.2 Å². The molecule has 1 aliphatic heterocycles. The normalized spacial score (nSPS) is 16.4. The molecule has 0 aromatic heterocycles. The Bertz CT molecular complexity index is 839. The van der Waals surface area contributed by atoms with Gasteiger partial charge in [0.1, 0.15) is 11.9 Å². The highest BCUT2D eigenvalue weighted by atomic mass is 79.9. The highest BCUT2D eigenvalue weighted by Crippen LogP contribution is 2.25. The average Bonchev–Trinajstić information content (AvgIpc) is 3.13. The minimum atomic E-state index is -0.545. The zero-order valence-corrected chi connectivity index (χ0v) is 17.1. The molecule has 0 aliphatic carbocycles. The minimum absolute atomic E-state index is 0.0567. The summed E-state index contributed by atoms with van der Waals surface area (Å²) in [5.74, 6) is -0.829. The predicted molar refractivity (Wildman–Crippen MR) is 106 cm³/mol. The third-order valence-corrected chi connectivity index (χ3v) is 5.61. The molecule has 0 spiro atoms. The highest BCUT2D eigenvalue weighted by Gasteiger charge is 2.36. The fraction of sp³-hybridized carbons (Fsp3) is 0.300. The van der Waals surface area contributed by atoms with Crippen molar-refractivity contribution in [3.05, 3.63) is 68.9 Å². The third kappa shape index (κ3) is 4.33. The van der Waals surface area contributed by atoms with Gasteiger partial charge in [-0.3, -0.25) is 9.59 Å². The lowest BCUT2D eigenvalue weighted by molar-refractivity contribution is -0.134. The zero-order valence-electron chi connectivity index (χ0n) is 14.8. The molecule has 1 unspecified atom stereocenters. The van der Waals surface area contributed by atoms with Crippen molar-refractivity contribution < 1.29 is 14.0 Å². The van der Waals surface area contributed by atoms with E-state index < -0.39 is 11.9 Å². The Kier molecular flexibility index (Phi) is 6.17. The number of carbonyl (C=O) groups is 2. The molecule has 1 atom stereocenters. The van der Waals surface area contributed by atoms with E-state index in [-0.39, 0.29) is 28.9 Å². The van der Waals surface area contributed by atoms with Crippen molar-refractivity contribution in [1.29, 1.82) is 0 Å². The van der Waals surface area contributed by atoms with Gasteiger partial charge in [-0.1, -0.05) is 33.6 Å². The number of nitrogens with zero attached hydrogens (tertiary/aromatic N) is 2. The number of amides is 2. The molecular formula is C20H19BrClFN2O2. The molecular weight excluding hydrogens is 435 g/mol. The van der Waals surface area contributed by atoms with Gasteiger partial charge in [0.25, 0.3) is 5.91 Å². The van der Waals surface area contributed by atoms with Gasteiger partial charge < -0.3 is 9.80 Å². The van der Waals surface area contributed by atoms with E-state index in [4.69, 9.17) is 11.6 Å². The van der Waals surface area contributed by atoms with Gasteiger partial charge in [-0.25, -0.2) is 4.39 Å². The molecule has 0 radical (unpaired) electrons. The Morgan fingerprint density at radius 3 is 2.63 bits per heavy atom. The van der Waals surface area contributed by atoms with Gasteiger partial charge in [0, 0.05) is 40.8 Å². The number of rotatable bonds is 4. The highest BCUT2D eigenvalue weighted by molar-refractivity contribution is 9.10. The molecule has 3 rings (SSSR count). The number of likely N-dealkylation sites (N-methyl/N-ethyl adjacent to an activating group) is 1. The number of likely N-dealkylation sites (tertiary alicyclic amines) is 1. The SMILES string of the molecule is CN(Cc1c(F)cccc1Cl)C(=O)C1CCCN1C(=O)c1ccc(Br)cc1. The first-order chi connectivity index (χ1) is 12.9. The Morgan fingerprint density at radius 1 is 1.26 bits per heavy atom. The number of halogens is 3. The molecule has 1 saturated heterocycles. The number of hydrogen-bond donors (Lipinski definition) is 0. The van der Waals surface area contributed by atoms with E-state index in [0.717, 1.165) is 10.9 Å². The van der Waals surface area contributed by atoms with Crippen molar-refractivity contribution in [3.8, 4) is 0 Å². The van der Waals surface area contributed by atoms with E-state index in [9.17, 15) is 14.0 Å². The summed E-state index contributed by atoms with van der Waals surface area (Å²) >= 11 is 9.41. The van der Waals surface area contributed by atoms with E-state index in [1.807, 2.05) is 0 Å². The first-order valence-electron chi connectivity index (χ1n) is 8.63. The van der Waals surface area contributed by atoms with Crippen molar-refractivity contribution in [2.45, 2.75) is 25.4 Å². The fourth-order valence-electron chi connectivity index (χ4n) is 3.28. The lowest BCUT2D eigenvalue weighted by Gasteiger charge is -2.28. The van der Waals surface area contributed by atoms with E-state index in [1.165, 1.54) is 17.0 Å². The molecule has 0 saturated carbocycles. The van der Waals surface area contributed by atoms with E-state index in [1.54, 1.807) is 42.3 Å². The van der Waals surface area contributed by atoms with Gasteiger partial charge in [0.15, 0.2) is 0 Å². The Labute approximate surface area is 171 Å². The summed E-state index contributed by atoms with van der Waals surface area (Å²) in [7, 11) is 1.60. The molecule has 142 valence electrons. The summed E-state index contributed by atoms with van der Waals surface area (Å²) in [6, 6.07) is 11.0. The molecule has 1 heterocycles. The van der Waals surface area contributed by atoms with Crippen LogP contribution in [0.1, 0.15) is 28.8 Å². The van der Waals surface area contributed by atoms with Crippen molar-refractivity contribution in [2.24, 2.45) is 0 Å². The lowest BCUT2D eigenvalue weighted by atomic mass is 10.1. The minimum Gasteiger partial charge on any atom is -0.339 e. The van der Waals surface area contributed by atoms with Crippen LogP contribution < -0.4 is 0 Å². The maximum atomic E-state index is 14.0. The topological polar surface area (TPSA) is 40.6 Å². The molecule has 1 aliphatic rings. The monoisotopic (exact) mass is 452 g/mol. The fourth-order valence-corrected chi connectivity index (χ4v) is 3.76. The van der Waals surface area contributed by atoms with Crippen LogP contribution in [0.25, 0.3) is 0 Å². The van der Waals surface area contributed by atoms with Gasteiger partial charge in [-0.15, -0.1) is 0 Å². The van der Waals surface area contributed by atoms with Crippen LogP contribution in [-0.4, -0.2) is 41.2 Å². The first kappa shape index (κ1) is 19.8. The summed E-state index contributed by atoms with van der Waals surface area (Å²) < 4.78 is 14.9. The standard InChI is InChI=1S/C20H19BrClFN2O2/c1-24(12-15-16(22)4-2-5-17(15)23)20(27)18-6-3-11-25(18)19(26)13-7-9-14(21)10-8-13/h2,4-5,7-10,18H,3,6,11-12H2,1H3. The molecule has 1 fully saturated rings. The molecule has 27 heavy (non-hydrogen) atoms. The van der Waals surface area contributed by atoms with Crippen molar-refractivity contribution in [1.82, 2.24) is 9.80 Å².